The molecular formula is C19H23N3O3S. The molecule has 1 heterocycles. The number of aryl methyl sites for hydroxylation is 1. The highest BCUT2D eigenvalue weighted by atomic mass is 32.2. The molecule has 3 N–H and O–H groups in total. The van der Waals surface area contributed by atoms with E-state index in [0.717, 1.165) is 25.9 Å². The van der Waals surface area contributed by atoms with E-state index in [1.165, 1.54) is 6.07 Å². The fourth-order valence-electron chi connectivity index (χ4n) is 3.01. The topological polar surface area (TPSA) is 87.3 Å². The summed E-state index contributed by atoms with van der Waals surface area (Å²) >= 11 is 0. The first-order chi connectivity index (χ1) is 12.5. The Morgan fingerprint density at radius 2 is 1.73 bits per heavy atom. The number of anilines is 2. The minimum absolute atomic E-state index is 0.0416. The van der Waals surface area contributed by atoms with Gasteiger partial charge in [-0.05, 0) is 62.7 Å². The molecule has 0 atom stereocenters. The van der Waals surface area contributed by atoms with Crippen LogP contribution in [0.3, 0.4) is 0 Å². The number of sulfonamides is 1. The number of nitrogens with one attached hydrogen (secondary N) is 3. The van der Waals surface area contributed by atoms with E-state index >= 15 is 0 Å². The van der Waals surface area contributed by atoms with Crippen molar-refractivity contribution in [1.82, 2.24) is 5.32 Å². The van der Waals surface area contributed by atoms with Gasteiger partial charge in [-0.1, -0.05) is 24.3 Å². The summed E-state index contributed by atoms with van der Waals surface area (Å²) in [7, 11) is -3.74. The Kier molecular flexibility index (Phi) is 5.58. The Bertz CT molecular complexity index is 876. The molecular weight excluding hydrogens is 350 g/mol. The molecule has 1 fully saturated rings. The monoisotopic (exact) mass is 373 g/mol. The van der Waals surface area contributed by atoms with Gasteiger partial charge in [-0.15, -0.1) is 0 Å². The van der Waals surface area contributed by atoms with Crippen molar-refractivity contribution in [2.24, 2.45) is 5.92 Å². The third-order valence-electron chi connectivity index (χ3n) is 4.48. The second kappa shape index (κ2) is 7.88. The Balaban J connectivity index is 1.79. The Morgan fingerprint density at radius 1 is 1.04 bits per heavy atom. The molecule has 2 aromatic carbocycles. The van der Waals surface area contributed by atoms with Gasteiger partial charge in [0.25, 0.3) is 10.0 Å². The van der Waals surface area contributed by atoms with Gasteiger partial charge < -0.3 is 10.6 Å². The van der Waals surface area contributed by atoms with Crippen molar-refractivity contribution in [3.05, 3.63) is 54.1 Å². The Hall–Kier alpha value is -2.38. The molecule has 0 bridgehead atoms. The summed E-state index contributed by atoms with van der Waals surface area (Å²) in [5.74, 6) is -0.102. The van der Waals surface area contributed by atoms with Gasteiger partial charge in [0.1, 0.15) is 0 Å². The van der Waals surface area contributed by atoms with E-state index in [-0.39, 0.29) is 16.7 Å². The normalized spacial score (nSPS) is 15.4. The highest BCUT2D eigenvalue weighted by Crippen LogP contribution is 2.24. The standard InChI is InChI=1S/C19H23N3O3S/c1-14-7-8-17(21-19(23)15-9-11-20-12-10-15)13-18(14)26(24,25)22-16-5-3-2-4-6-16/h2-8,13,15,20,22H,9-12H2,1H3,(H,21,23). The number of rotatable bonds is 5. The van der Waals surface area contributed by atoms with E-state index in [4.69, 9.17) is 0 Å². The molecule has 0 saturated carbocycles. The predicted molar refractivity (Wildman–Crippen MR) is 103 cm³/mol. The molecule has 0 aromatic heterocycles. The fraction of sp³-hybridized carbons (Fsp3) is 0.316. The van der Waals surface area contributed by atoms with Crippen LogP contribution < -0.4 is 15.4 Å². The quantitative estimate of drug-likeness (QED) is 0.752. The third-order valence-corrected chi connectivity index (χ3v) is 6.00. The maximum atomic E-state index is 12.7. The van der Waals surface area contributed by atoms with Gasteiger partial charge in [0.05, 0.1) is 4.90 Å². The van der Waals surface area contributed by atoms with Crippen molar-refractivity contribution < 1.29 is 13.2 Å². The summed E-state index contributed by atoms with van der Waals surface area (Å²) in [5.41, 5.74) is 1.61. The first kappa shape index (κ1) is 18.4. The zero-order chi connectivity index (χ0) is 18.6. The summed E-state index contributed by atoms with van der Waals surface area (Å²) in [6.45, 7) is 3.39. The van der Waals surface area contributed by atoms with Crippen molar-refractivity contribution in [1.29, 1.82) is 0 Å². The fourth-order valence-corrected chi connectivity index (χ4v) is 4.34. The first-order valence-corrected chi connectivity index (χ1v) is 10.1. The largest absolute Gasteiger partial charge is 0.326 e. The van der Waals surface area contributed by atoms with Crippen LogP contribution in [0.1, 0.15) is 18.4 Å². The molecule has 26 heavy (non-hydrogen) atoms. The summed E-state index contributed by atoms with van der Waals surface area (Å²) in [6.07, 6.45) is 1.58. The van der Waals surface area contributed by atoms with Crippen LogP contribution in [0, 0.1) is 12.8 Å². The summed E-state index contributed by atoms with van der Waals surface area (Å²) < 4.78 is 28.0. The lowest BCUT2D eigenvalue weighted by Gasteiger charge is -2.22. The number of piperidine rings is 1. The minimum Gasteiger partial charge on any atom is -0.326 e. The van der Waals surface area contributed by atoms with Crippen LogP contribution in [-0.4, -0.2) is 27.4 Å². The second-order valence-corrected chi connectivity index (χ2v) is 8.12. The van der Waals surface area contributed by atoms with Gasteiger partial charge in [-0.25, -0.2) is 8.42 Å². The zero-order valence-corrected chi connectivity index (χ0v) is 15.5. The molecule has 3 rings (SSSR count). The number of carbonyl (C=O) groups excluding carboxylic acids is 1. The van der Waals surface area contributed by atoms with Crippen molar-refractivity contribution in [2.45, 2.75) is 24.7 Å². The van der Waals surface area contributed by atoms with E-state index < -0.39 is 10.0 Å². The number of para-hydroxylation sites is 1. The van der Waals surface area contributed by atoms with Crippen LogP contribution in [0.5, 0.6) is 0 Å². The molecule has 1 amide bonds. The van der Waals surface area contributed by atoms with Crippen LogP contribution >= 0.6 is 0 Å². The van der Waals surface area contributed by atoms with Crippen LogP contribution in [-0.2, 0) is 14.8 Å². The first-order valence-electron chi connectivity index (χ1n) is 8.66. The molecule has 7 heteroatoms. The van der Waals surface area contributed by atoms with Crippen molar-refractivity contribution in [3.8, 4) is 0 Å². The van der Waals surface area contributed by atoms with E-state index in [1.807, 2.05) is 6.07 Å². The number of hydrogen-bond donors (Lipinski definition) is 3. The van der Waals surface area contributed by atoms with E-state index in [1.54, 1.807) is 43.3 Å². The summed E-state index contributed by atoms with van der Waals surface area (Å²) in [6, 6.07) is 13.7. The summed E-state index contributed by atoms with van der Waals surface area (Å²) in [5, 5.41) is 6.08. The molecule has 0 radical (unpaired) electrons. The van der Waals surface area contributed by atoms with Crippen LogP contribution in [0.4, 0.5) is 11.4 Å². The summed E-state index contributed by atoms with van der Waals surface area (Å²) in [4.78, 5) is 12.6. The van der Waals surface area contributed by atoms with E-state index in [9.17, 15) is 13.2 Å². The highest BCUT2D eigenvalue weighted by Gasteiger charge is 2.22. The van der Waals surface area contributed by atoms with Crippen LogP contribution in [0.2, 0.25) is 0 Å². The Labute approximate surface area is 154 Å². The van der Waals surface area contributed by atoms with Gasteiger partial charge in [-0.3, -0.25) is 9.52 Å². The molecule has 6 nitrogen and oxygen atoms in total. The Morgan fingerprint density at radius 3 is 2.42 bits per heavy atom. The minimum atomic E-state index is -3.74. The average molecular weight is 373 g/mol. The van der Waals surface area contributed by atoms with Crippen LogP contribution in [0.25, 0.3) is 0 Å². The van der Waals surface area contributed by atoms with Gasteiger partial charge in [0.15, 0.2) is 0 Å². The van der Waals surface area contributed by atoms with Gasteiger partial charge in [-0.2, -0.15) is 0 Å². The van der Waals surface area contributed by atoms with Crippen molar-refractivity contribution in [3.63, 3.8) is 0 Å². The number of hydrogen-bond acceptors (Lipinski definition) is 4. The number of carbonyl (C=O) groups is 1. The second-order valence-electron chi connectivity index (χ2n) is 6.47. The number of amides is 1. The SMILES string of the molecule is Cc1ccc(NC(=O)C2CCNCC2)cc1S(=O)(=O)Nc1ccccc1. The zero-order valence-electron chi connectivity index (χ0n) is 14.7. The molecule has 1 saturated heterocycles. The molecule has 0 aliphatic carbocycles. The van der Waals surface area contributed by atoms with E-state index in [0.29, 0.717) is 16.9 Å². The number of benzene rings is 2. The molecule has 1 aliphatic rings. The van der Waals surface area contributed by atoms with Crippen molar-refractivity contribution >= 4 is 27.3 Å². The molecule has 2 aromatic rings. The molecule has 1 aliphatic heterocycles. The highest BCUT2D eigenvalue weighted by molar-refractivity contribution is 7.92. The molecule has 138 valence electrons. The predicted octanol–water partition coefficient (Wildman–Crippen LogP) is 2.73. The van der Waals surface area contributed by atoms with Crippen LogP contribution in [0.15, 0.2) is 53.4 Å². The lowest BCUT2D eigenvalue weighted by Crippen LogP contribution is -2.34. The smallest absolute Gasteiger partial charge is 0.262 e. The van der Waals surface area contributed by atoms with Gasteiger partial charge >= 0.3 is 0 Å². The molecule has 0 spiro atoms. The van der Waals surface area contributed by atoms with Crippen molar-refractivity contribution in [2.75, 3.05) is 23.1 Å². The molecule has 0 unspecified atom stereocenters. The third kappa shape index (κ3) is 4.42. The van der Waals surface area contributed by atoms with Gasteiger partial charge in [0.2, 0.25) is 5.91 Å². The van der Waals surface area contributed by atoms with Gasteiger partial charge in [0, 0.05) is 17.3 Å². The van der Waals surface area contributed by atoms with E-state index in [2.05, 4.69) is 15.4 Å². The maximum absolute atomic E-state index is 12.7. The average Bonchev–Trinajstić information content (AvgIpc) is 2.64. The maximum Gasteiger partial charge on any atom is 0.262 e. The lowest BCUT2D eigenvalue weighted by molar-refractivity contribution is -0.120. The lowest BCUT2D eigenvalue weighted by atomic mass is 9.97.